The Hall–Kier alpha value is -1.22. The van der Waals surface area contributed by atoms with Gasteiger partial charge in [-0.15, -0.1) is 12.4 Å². The Labute approximate surface area is 83.0 Å². The van der Waals surface area contributed by atoms with E-state index in [9.17, 15) is 4.79 Å². The molecule has 0 saturated carbocycles. The zero-order valence-corrected chi connectivity index (χ0v) is 8.31. The molecule has 0 fully saturated rings. The van der Waals surface area contributed by atoms with E-state index < -0.39 is 5.97 Å². The molecule has 1 rings (SSSR count). The molecule has 0 bridgehead atoms. The van der Waals surface area contributed by atoms with Crippen LogP contribution in [0.1, 0.15) is 21.5 Å². The summed E-state index contributed by atoms with van der Waals surface area (Å²) in [7, 11) is 0. The van der Waals surface area contributed by atoms with Crippen molar-refractivity contribution in [3.63, 3.8) is 0 Å². The van der Waals surface area contributed by atoms with E-state index in [2.05, 4.69) is 0 Å². The lowest BCUT2D eigenvalue weighted by atomic mass is 10.0. The van der Waals surface area contributed by atoms with Gasteiger partial charge in [0.1, 0.15) is 0 Å². The first-order chi connectivity index (χ1) is 5.52. The van der Waals surface area contributed by atoms with Gasteiger partial charge in [-0.3, -0.25) is 0 Å². The van der Waals surface area contributed by atoms with E-state index in [1.165, 1.54) is 0 Å². The van der Waals surface area contributed by atoms with Gasteiger partial charge in [0.2, 0.25) is 0 Å². The minimum atomic E-state index is -0.976. The number of anilines is 1. The number of halogens is 1. The fourth-order valence-corrected chi connectivity index (χ4v) is 1.02. The normalized spacial score (nSPS) is 9.08. The molecule has 0 atom stereocenters. The zero-order valence-electron chi connectivity index (χ0n) is 7.50. The van der Waals surface area contributed by atoms with Gasteiger partial charge in [-0.2, -0.15) is 0 Å². The molecule has 0 amide bonds. The number of hydrogen-bond donors (Lipinski definition) is 2. The number of rotatable bonds is 1. The van der Waals surface area contributed by atoms with E-state index in [1.54, 1.807) is 12.1 Å². The maximum absolute atomic E-state index is 10.6. The van der Waals surface area contributed by atoms with Crippen LogP contribution in [0.5, 0.6) is 0 Å². The van der Waals surface area contributed by atoms with Gasteiger partial charge in [-0.25, -0.2) is 4.79 Å². The van der Waals surface area contributed by atoms with Crippen LogP contribution < -0.4 is 5.73 Å². The Balaban J connectivity index is 0.00000144. The molecule has 13 heavy (non-hydrogen) atoms. The summed E-state index contributed by atoms with van der Waals surface area (Å²) in [6.45, 7) is 3.76. The molecular formula is C9H12ClNO2. The van der Waals surface area contributed by atoms with Crippen LogP contribution in [0.25, 0.3) is 0 Å². The highest BCUT2D eigenvalue weighted by Gasteiger charge is 2.08. The predicted octanol–water partition coefficient (Wildman–Crippen LogP) is 2.01. The van der Waals surface area contributed by atoms with E-state index in [4.69, 9.17) is 10.8 Å². The first-order valence-corrected chi connectivity index (χ1v) is 3.62. The van der Waals surface area contributed by atoms with Crippen molar-refractivity contribution in [3.05, 3.63) is 28.8 Å². The van der Waals surface area contributed by atoms with Crippen LogP contribution in [-0.4, -0.2) is 11.1 Å². The third kappa shape index (κ3) is 2.36. The Morgan fingerprint density at radius 1 is 1.31 bits per heavy atom. The predicted molar refractivity (Wildman–Crippen MR) is 54.5 cm³/mol. The number of nitrogens with two attached hydrogens (primary N) is 1. The lowest BCUT2D eigenvalue weighted by molar-refractivity contribution is 0.0698. The average molecular weight is 202 g/mol. The highest BCUT2D eigenvalue weighted by atomic mass is 35.5. The van der Waals surface area contributed by atoms with Gasteiger partial charge in [-0.1, -0.05) is 0 Å². The standard InChI is InChI=1S/C9H11NO2.ClH/c1-5-3-7(9(11)12)8(10)4-6(5)2;/h3-4H,10H2,1-2H3,(H,11,12);1H. The number of nitrogen functional groups attached to an aromatic ring is 1. The molecule has 0 spiro atoms. The minimum absolute atomic E-state index is 0. The third-order valence-corrected chi connectivity index (χ3v) is 1.90. The summed E-state index contributed by atoms with van der Waals surface area (Å²) < 4.78 is 0. The summed E-state index contributed by atoms with van der Waals surface area (Å²) in [5.74, 6) is -0.976. The number of carboxylic acid groups (broad SMARTS) is 1. The Morgan fingerprint density at radius 3 is 2.23 bits per heavy atom. The summed E-state index contributed by atoms with van der Waals surface area (Å²) in [4.78, 5) is 10.6. The van der Waals surface area contributed by atoms with E-state index in [1.807, 2.05) is 13.8 Å². The SMILES string of the molecule is Cc1cc(N)c(C(=O)O)cc1C.Cl. The number of aryl methyl sites for hydroxylation is 2. The van der Waals surface area contributed by atoms with E-state index in [0.29, 0.717) is 5.69 Å². The van der Waals surface area contributed by atoms with Crippen molar-refractivity contribution in [2.45, 2.75) is 13.8 Å². The Morgan fingerprint density at radius 2 is 1.77 bits per heavy atom. The highest BCUT2D eigenvalue weighted by Crippen LogP contribution is 2.17. The van der Waals surface area contributed by atoms with Gasteiger partial charge in [0.05, 0.1) is 5.56 Å². The first-order valence-electron chi connectivity index (χ1n) is 3.62. The van der Waals surface area contributed by atoms with Crippen LogP contribution in [0.15, 0.2) is 12.1 Å². The van der Waals surface area contributed by atoms with E-state index >= 15 is 0 Å². The molecule has 0 aromatic heterocycles. The first kappa shape index (κ1) is 11.8. The van der Waals surface area contributed by atoms with Crippen molar-refractivity contribution in [1.82, 2.24) is 0 Å². The van der Waals surface area contributed by atoms with Gasteiger partial charge in [0.25, 0.3) is 0 Å². The fourth-order valence-electron chi connectivity index (χ4n) is 1.02. The summed E-state index contributed by atoms with van der Waals surface area (Å²) >= 11 is 0. The summed E-state index contributed by atoms with van der Waals surface area (Å²) in [6.07, 6.45) is 0. The maximum atomic E-state index is 10.6. The summed E-state index contributed by atoms with van der Waals surface area (Å²) in [5, 5.41) is 8.70. The lowest BCUT2D eigenvalue weighted by Crippen LogP contribution is -2.03. The van der Waals surface area contributed by atoms with Gasteiger partial charge in [-0.05, 0) is 37.1 Å². The molecular weight excluding hydrogens is 190 g/mol. The molecule has 1 aromatic rings. The van der Waals surface area contributed by atoms with Crippen molar-refractivity contribution in [3.8, 4) is 0 Å². The van der Waals surface area contributed by atoms with Crippen molar-refractivity contribution >= 4 is 24.1 Å². The largest absolute Gasteiger partial charge is 0.478 e. The number of hydrogen-bond acceptors (Lipinski definition) is 2. The topological polar surface area (TPSA) is 63.3 Å². The molecule has 0 radical (unpaired) electrons. The lowest BCUT2D eigenvalue weighted by Gasteiger charge is -2.04. The van der Waals surface area contributed by atoms with Crippen molar-refractivity contribution < 1.29 is 9.90 Å². The molecule has 1 aromatic carbocycles. The Bertz CT molecular complexity index is 337. The van der Waals surface area contributed by atoms with E-state index in [0.717, 1.165) is 11.1 Å². The van der Waals surface area contributed by atoms with E-state index in [-0.39, 0.29) is 18.0 Å². The summed E-state index contributed by atoms with van der Waals surface area (Å²) in [6, 6.07) is 3.27. The molecule has 4 heteroatoms. The Kier molecular flexibility index (Phi) is 3.75. The van der Waals surface area contributed by atoms with Crippen LogP contribution >= 0.6 is 12.4 Å². The maximum Gasteiger partial charge on any atom is 0.337 e. The molecule has 3 N–H and O–H groups in total. The summed E-state index contributed by atoms with van der Waals surface area (Å²) in [5.41, 5.74) is 7.97. The third-order valence-electron chi connectivity index (χ3n) is 1.90. The van der Waals surface area contributed by atoms with Crippen LogP contribution in [0.3, 0.4) is 0 Å². The number of benzene rings is 1. The van der Waals surface area contributed by atoms with Crippen molar-refractivity contribution in [2.24, 2.45) is 0 Å². The second-order valence-corrected chi connectivity index (χ2v) is 2.83. The highest BCUT2D eigenvalue weighted by molar-refractivity contribution is 5.94. The zero-order chi connectivity index (χ0) is 9.30. The molecule has 0 aliphatic heterocycles. The molecule has 3 nitrogen and oxygen atoms in total. The average Bonchev–Trinajstić information content (AvgIpc) is 1.96. The van der Waals surface area contributed by atoms with Crippen LogP contribution in [0.4, 0.5) is 5.69 Å². The smallest absolute Gasteiger partial charge is 0.337 e. The molecule has 0 heterocycles. The van der Waals surface area contributed by atoms with Gasteiger partial charge in [0, 0.05) is 5.69 Å². The number of carboxylic acids is 1. The van der Waals surface area contributed by atoms with Gasteiger partial charge >= 0.3 is 5.97 Å². The molecule has 0 aliphatic carbocycles. The number of carbonyl (C=O) groups is 1. The van der Waals surface area contributed by atoms with Crippen LogP contribution in [-0.2, 0) is 0 Å². The fraction of sp³-hybridized carbons (Fsp3) is 0.222. The molecule has 0 aliphatic rings. The van der Waals surface area contributed by atoms with Crippen LogP contribution in [0.2, 0.25) is 0 Å². The second kappa shape index (κ2) is 4.14. The van der Waals surface area contributed by atoms with Crippen molar-refractivity contribution in [1.29, 1.82) is 0 Å². The quantitative estimate of drug-likeness (QED) is 0.684. The second-order valence-electron chi connectivity index (χ2n) is 2.83. The molecule has 72 valence electrons. The van der Waals surface area contributed by atoms with Gasteiger partial charge in [0.15, 0.2) is 0 Å². The van der Waals surface area contributed by atoms with Crippen LogP contribution in [0, 0.1) is 13.8 Å². The number of aromatic carboxylic acids is 1. The molecule has 0 unspecified atom stereocenters. The monoisotopic (exact) mass is 201 g/mol. The molecule has 0 saturated heterocycles. The van der Waals surface area contributed by atoms with Gasteiger partial charge < -0.3 is 10.8 Å². The minimum Gasteiger partial charge on any atom is -0.478 e. The van der Waals surface area contributed by atoms with Crippen molar-refractivity contribution in [2.75, 3.05) is 5.73 Å².